The molecule has 10 unspecified atom stereocenters. The van der Waals surface area contributed by atoms with Crippen LogP contribution < -0.4 is 0 Å². The van der Waals surface area contributed by atoms with Crippen molar-refractivity contribution in [3.8, 4) is 0 Å². The minimum Gasteiger partial charge on any atom is -0.429 e. The molecule has 0 aromatic heterocycles. The third kappa shape index (κ3) is 6.86. The number of ketones is 1. The van der Waals surface area contributed by atoms with Crippen LogP contribution in [-0.4, -0.2) is 122 Å². The summed E-state index contributed by atoms with van der Waals surface area (Å²) in [7, 11) is 0. The molecule has 0 radical (unpaired) electrons. The predicted molar refractivity (Wildman–Crippen MR) is 106 cm³/mol. The zero-order valence-corrected chi connectivity index (χ0v) is 18.0. The summed E-state index contributed by atoms with van der Waals surface area (Å²) >= 11 is 0. The van der Waals surface area contributed by atoms with Gasteiger partial charge in [-0.05, 0) is 19.9 Å². The standard InChI is InChI=1S/C20H30O13/c1-8(4-3-5-9(2)22)18(29)33-20-17(28)15(26)13(24)11(32-20)7-30-19-16(27)14(25)12(23)10(6-21)31-19/h3-5,10-17,19-21,23-28H,6-7H2,1-2H3. The number of rotatable bonds is 8. The van der Waals surface area contributed by atoms with E-state index in [-0.39, 0.29) is 11.4 Å². The Morgan fingerprint density at radius 3 is 1.94 bits per heavy atom. The van der Waals surface area contributed by atoms with E-state index in [9.17, 15) is 45.3 Å². The molecular formula is C20H30O13. The monoisotopic (exact) mass is 478 g/mol. The number of aliphatic hydroxyl groups excluding tert-OH is 7. The Kier molecular flexibility index (Phi) is 10.1. The molecule has 2 aliphatic rings. The molecule has 0 saturated carbocycles. The topological polar surface area (TPSA) is 213 Å². The molecule has 2 rings (SSSR count). The number of carbonyl (C=O) groups excluding carboxylic acids is 2. The van der Waals surface area contributed by atoms with Gasteiger partial charge in [-0.3, -0.25) is 4.79 Å². The van der Waals surface area contributed by atoms with Gasteiger partial charge in [-0.2, -0.15) is 0 Å². The largest absolute Gasteiger partial charge is 0.429 e. The van der Waals surface area contributed by atoms with E-state index >= 15 is 0 Å². The summed E-state index contributed by atoms with van der Waals surface area (Å²) in [6, 6.07) is 0. The first kappa shape index (κ1) is 27.5. The summed E-state index contributed by atoms with van der Waals surface area (Å²) in [6.07, 6.45) is -12.2. The van der Waals surface area contributed by atoms with E-state index < -0.39 is 80.6 Å². The van der Waals surface area contributed by atoms with Crippen molar-refractivity contribution in [2.24, 2.45) is 0 Å². The smallest absolute Gasteiger partial charge is 0.336 e. The van der Waals surface area contributed by atoms with E-state index in [1.807, 2.05) is 0 Å². The second-order valence-corrected chi connectivity index (χ2v) is 7.77. The van der Waals surface area contributed by atoms with Crippen LogP contribution in [0.5, 0.6) is 0 Å². The highest BCUT2D eigenvalue weighted by Crippen LogP contribution is 2.26. The van der Waals surface area contributed by atoms with E-state index in [0.717, 1.165) is 0 Å². The zero-order chi connectivity index (χ0) is 24.9. The Balaban J connectivity index is 2.02. The van der Waals surface area contributed by atoms with E-state index in [4.69, 9.17) is 18.9 Å². The van der Waals surface area contributed by atoms with Gasteiger partial charge in [0.1, 0.15) is 48.8 Å². The third-order valence-electron chi connectivity index (χ3n) is 5.16. The molecule has 0 bridgehead atoms. The van der Waals surface area contributed by atoms with Crippen molar-refractivity contribution in [1.29, 1.82) is 0 Å². The molecule has 0 amide bonds. The lowest BCUT2D eigenvalue weighted by atomic mass is 9.98. The Morgan fingerprint density at radius 1 is 0.818 bits per heavy atom. The van der Waals surface area contributed by atoms with Gasteiger partial charge >= 0.3 is 5.97 Å². The summed E-state index contributed by atoms with van der Waals surface area (Å²) in [6.45, 7) is 1.47. The van der Waals surface area contributed by atoms with Crippen molar-refractivity contribution in [2.45, 2.75) is 75.3 Å². The predicted octanol–water partition coefficient (Wildman–Crippen LogP) is -3.75. The normalized spacial score (nSPS) is 40.1. The molecular weight excluding hydrogens is 448 g/mol. The molecule has 13 heteroatoms. The molecule has 2 saturated heterocycles. The highest BCUT2D eigenvalue weighted by Gasteiger charge is 2.48. The number of hydrogen-bond acceptors (Lipinski definition) is 13. The van der Waals surface area contributed by atoms with Gasteiger partial charge in [-0.1, -0.05) is 12.2 Å². The van der Waals surface area contributed by atoms with Crippen LogP contribution in [0.25, 0.3) is 0 Å². The molecule has 2 aliphatic heterocycles. The van der Waals surface area contributed by atoms with E-state index in [0.29, 0.717) is 0 Å². The average Bonchev–Trinajstić information content (AvgIpc) is 2.77. The second kappa shape index (κ2) is 12.1. The summed E-state index contributed by atoms with van der Waals surface area (Å²) in [5.74, 6) is -1.16. The van der Waals surface area contributed by atoms with Crippen molar-refractivity contribution < 1.29 is 64.3 Å². The second-order valence-electron chi connectivity index (χ2n) is 7.77. The molecule has 0 aliphatic carbocycles. The van der Waals surface area contributed by atoms with E-state index in [2.05, 4.69) is 0 Å². The van der Waals surface area contributed by atoms with Crippen LogP contribution in [0.1, 0.15) is 13.8 Å². The lowest BCUT2D eigenvalue weighted by Crippen LogP contribution is -2.61. The van der Waals surface area contributed by atoms with Gasteiger partial charge < -0.3 is 54.7 Å². The SMILES string of the molecule is CC(=O)C=CC=C(C)C(=O)OC1OC(COC2OC(CO)C(O)C(O)C2O)C(O)C(O)C1O. The number of allylic oxidation sites excluding steroid dienone is 3. The van der Waals surface area contributed by atoms with Gasteiger partial charge in [0.25, 0.3) is 0 Å². The van der Waals surface area contributed by atoms with Crippen molar-refractivity contribution in [2.75, 3.05) is 13.2 Å². The zero-order valence-electron chi connectivity index (χ0n) is 18.0. The summed E-state index contributed by atoms with van der Waals surface area (Å²) in [4.78, 5) is 23.1. The minimum atomic E-state index is -1.80. The van der Waals surface area contributed by atoms with Crippen molar-refractivity contribution in [1.82, 2.24) is 0 Å². The Bertz CT molecular complexity index is 735. The first-order chi connectivity index (χ1) is 15.5. The van der Waals surface area contributed by atoms with Crippen molar-refractivity contribution in [3.63, 3.8) is 0 Å². The third-order valence-corrected chi connectivity index (χ3v) is 5.16. The molecule has 0 aromatic carbocycles. The number of esters is 1. The van der Waals surface area contributed by atoms with Crippen LogP contribution >= 0.6 is 0 Å². The lowest BCUT2D eigenvalue weighted by molar-refractivity contribution is -0.326. The Labute approximate surface area is 189 Å². The minimum absolute atomic E-state index is 0.0537. The van der Waals surface area contributed by atoms with Crippen LogP contribution in [0, 0.1) is 0 Å². The number of aliphatic hydroxyl groups is 7. The first-order valence-electron chi connectivity index (χ1n) is 10.2. The summed E-state index contributed by atoms with van der Waals surface area (Å²) in [5.41, 5.74) is 0.0537. The molecule has 10 atom stereocenters. The molecule has 0 aromatic rings. The van der Waals surface area contributed by atoms with E-state index in [1.54, 1.807) is 0 Å². The fraction of sp³-hybridized carbons (Fsp3) is 0.700. The summed E-state index contributed by atoms with van der Waals surface area (Å²) in [5, 5.41) is 69.2. The van der Waals surface area contributed by atoms with Crippen LogP contribution in [0.4, 0.5) is 0 Å². The van der Waals surface area contributed by atoms with Crippen LogP contribution in [0.3, 0.4) is 0 Å². The molecule has 13 nitrogen and oxygen atoms in total. The molecule has 2 fully saturated rings. The van der Waals surface area contributed by atoms with Crippen LogP contribution in [0.15, 0.2) is 23.8 Å². The highest BCUT2D eigenvalue weighted by atomic mass is 16.7. The molecule has 0 spiro atoms. The fourth-order valence-corrected chi connectivity index (χ4v) is 3.14. The summed E-state index contributed by atoms with van der Waals surface area (Å²) < 4.78 is 20.9. The molecule has 7 N–H and O–H groups in total. The van der Waals surface area contributed by atoms with Crippen LogP contribution in [0.2, 0.25) is 0 Å². The maximum Gasteiger partial charge on any atom is 0.336 e. The van der Waals surface area contributed by atoms with Gasteiger partial charge in [0, 0.05) is 5.57 Å². The molecule has 188 valence electrons. The van der Waals surface area contributed by atoms with Crippen molar-refractivity contribution >= 4 is 11.8 Å². The maximum atomic E-state index is 12.2. The van der Waals surface area contributed by atoms with Gasteiger partial charge in [0.05, 0.1) is 13.2 Å². The lowest BCUT2D eigenvalue weighted by Gasteiger charge is -2.42. The number of ether oxygens (including phenoxy) is 4. The average molecular weight is 478 g/mol. The fourth-order valence-electron chi connectivity index (χ4n) is 3.14. The molecule has 2 heterocycles. The van der Waals surface area contributed by atoms with E-state index in [1.165, 1.54) is 32.1 Å². The highest BCUT2D eigenvalue weighted by molar-refractivity contribution is 5.90. The Morgan fingerprint density at radius 2 is 1.36 bits per heavy atom. The molecule has 33 heavy (non-hydrogen) atoms. The quantitative estimate of drug-likeness (QED) is 0.102. The first-order valence-corrected chi connectivity index (χ1v) is 10.2. The Hall–Kier alpha value is -1.78. The number of hydrogen-bond donors (Lipinski definition) is 7. The van der Waals surface area contributed by atoms with Gasteiger partial charge in [0.15, 0.2) is 12.1 Å². The van der Waals surface area contributed by atoms with Gasteiger partial charge in [-0.25, -0.2) is 4.79 Å². The van der Waals surface area contributed by atoms with Gasteiger partial charge in [-0.15, -0.1) is 0 Å². The maximum absolute atomic E-state index is 12.2. The van der Waals surface area contributed by atoms with Crippen molar-refractivity contribution in [3.05, 3.63) is 23.8 Å². The van der Waals surface area contributed by atoms with Gasteiger partial charge in [0.2, 0.25) is 6.29 Å². The number of carbonyl (C=O) groups is 2. The van der Waals surface area contributed by atoms with Crippen LogP contribution in [-0.2, 0) is 28.5 Å².